The molecule has 100 valence electrons. The number of Topliss-reactive ketones (excluding diaryl/α,β-unsaturated/α-hetero) is 1. The van der Waals surface area contributed by atoms with Crippen LogP contribution >= 0.6 is 11.6 Å². The van der Waals surface area contributed by atoms with Gasteiger partial charge in [0, 0.05) is 10.9 Å². The molecular formula is C17H14ClNO. The van der Waals surface area contributed by atoms with Gasteiger partial charge in [0.05, 0.1) is 17.1 Å². The maximum atomic E-state index is 12.2. The van der Waals surface area contributed by atoms with E-state index in [2.05, 4.69) is 4.98 Å². The fourth-order valence-electron chi connectivity index (χ4n) is 2.44. The minimum absolute atomic E-state index is 0.0132. The number of aromatic amines is 1. The first-order valence-electron chi connectivity index (χ1n) is 6.47. The van der Waals surface area contributed by atoms with Crippen LogP contribution in [0.5, 0.6) is 0 Å². The molecule has 0 amide bonds. The number of benzene rings is 2. The molecule has 0 saturated heterocycles. The number of H-pyrrole nitrogens is 1. The van der Waals surface area contributed by atoms with Gasteiger partial charge in [-0.3, -0.25) is 4.79 Å². The van der Waals surface area contributed by atoms with Crippen molar-refractivity contribution >= 4 is 28.3 Å². The number of halogens is 1. The van der Waals surface area contributed by atoms with Gasteiger partial charge in [-0.15, -0.1) is 11.6 Å². The summed E-state index contributed by atoms with van der Waals surface area (Å²) in [7, 11) is 0. The third-order valence-corrected chi connectivity index (χ3v) is 3.69. The molecule has 0 unspecified atom stereocenters. The predicted octanol–water partition coefficient (Wildman–Crippen LogP) is 4.56. The zero-order valence-corrected chi connectivity index (χ0v) is 11.9. The van der Waals surface area contributed by atoms with Crippen LogP contribution in [0.4, 0.5) is 0 Å². The van der Waals surface area contributed by atoms with E-state index in [9.17, 15) is 4.79 Å². The lowest BCUT2D eigenvalue weighted by Gasteiger charge is -2.03. The number of aryl methyl sites for hydroxylation is 1. The Kier molecular flexibility index (Phi) is 3.33. The molecule has 20 heavy (non-hydrogen) atoms. The molecule has 0 saturated carbocycles. The third-order valence-electron chi connectivity index (χ3n) is 3.45. The largest absolute Gasteiger partial charge is 0.354 e. The molecule has 3 aromatic rings. The number of alkyl halides is 1. The summed E-state index contributed by atoms with van der Waals surface area (Å²) in [5.41, 5.74) is 4.67. The summed E-state index contributed by atoms with van der Waals surface area (Å²) >= 11 is 5.77. The highest BCUT2D eigenvalue weighted by Gasteiger charge is 2.18. The second kappa shape index (κ2) is 5.14. The molecule has 2 aromatic carbocycles. The van der Waals surface area contributed by atoms with Crippen molar-refractivity contribution in [2.24, 2.45) is 0 Å². The molecule has 1 heterocycles. The lowest BCUT2D eigenvalue weighted by molar-refractivity contribution is 0.102. The molecule has 0 fully saturated rings. The molecular weight excluding hydrogens is 270 g/mol. The zero-order chi connectivity index (χ0) is 14.1. The maximum absolute atomic E-state index is 12.2. The number of para-hydroxylation sites is 1. The van der Waals surface area contributed by atoms with Crippen LogP contribution in [0.15, 0.2) is 48.5 Å². The lowest BCUT2D eigenvalue weighted by Crippen LogP contribution is -2.01. The monoisotopic (exact) mass is 283 g/mol. The minimum atomic E-state index is -0.0558. The number of hydrogen-bond donors (Lipinski definition) is 1. The Labute approximate surface area is 122 Å². The van der Waals surface area contributed by atoms with E-state index in [0.29, 0.717) is 5.56 Å². The van der Waals surface area contributed by atoms with Crippen LogP contribution in [-0.2, 0) is 0 Å². The molecule has 1 aromatic heterocycles. The fourth-order valence-corrected chi connectivity index (χ4v) is 2.57. The highest BCUT2D eigenvalue weighted by molar-refractivity contribution is 6.33. The Morgan fingerprint density at radius 2 is 1.80 bits per heavy atom. The van der Waals surface area contributed by atoms with Crippen molar-refractivity contribution in [3.8, 4) is 11.3 Å². The van der Waals surface area contributed by atoms with Crippen molar-refractivity contribution in [2.75, 3.05) is 5.88 Å². The van der Waals surface area contributed by atoms with Gasteiger partial charge >= 0.3 is 0 Å². The number of carbonyl (C=O) groups is 1. The number of ketones is 1. The SMILES string of the molecule is Cc1ccc(-c2[nH]c3ccccc3c2C(=O)CCl)cc1. The Morgan fingerprint density at radius 1 is 1.10 bits per heavy atom. The Balaban J connectivity index is 2.29. The van der Waals surface area contributed by atoms with Crippen LogP contribution in [0.25, 0.3) is 22.2 Å². The van der Waals surface area contributed by atoms with Crippen LogP contribution in [0.3, 0.4) is 0 Å². The molecule has 0 spiro atoms. The predicted molar refractivity (Wildman–Crippen MR) is 83.5 cm³/mol. The van der Waals surface area contributed by atoms with Crippen LogP contribution in [0.1, 0.15) is 15.9 Å². The first-order valence-corrected chi connectivity index (χ1v) is 7.01. The molecule has 0 bridgehead atoms. The molecule has 3 heteroatoms. The first kappa shape index (κ1) is 12.9. The van der Waals surface area contributed by atoms with E-state index in [1.165, 1.54) is 5.56 Å². The quantitative estimate of drug-likeness (QED) is 0.554. The maximum Gasteiger partial charge on any atom is 0.180 e. The Hall–Kier alpha value is -2.06. The Morgan fingerprint density at radius 3 is 2.50 bits per heavy atom. The summed E-state index contributed by atoms with van der Waals surface area (Å²) in [6, 6.07) is 15.9. The summed E-state index contributed by atoms with van der Waals surface area (Å²) < 4.78 is 0. The standard InChI is InChI=1S/C17H14ClNO/c1-11-6-8-12(9-7-11)17-16(15(20)10-18)13-4-2-3-5-14(13)19-17/h2-9,19H,10H2,1H3. The van der Waals surface area contributed by atoms with E-state index in [4.69, 9.17) is 11.6 Å². The summed E-state index contributed by atoms with van der Waals surface area (Å²) in [4.78, 5) is 15.5. The average molecular weight is 284 g/mol. The zero-order valence-electron chi connectivity index (χ0n) is 11.1. The van der Waals surface area contributed by atoms with Crippen LogP contribution < -0.4 is 0 Å². The molecule has 0 aliphatic carbocycles. The highest BCUT2D eigenvalue weighted by atomic mass is 35.5. The van der Waals surface area contributed by atoms with Gasteiger partial charge in [0.25, 0.3) is 0 Å². The molecule has 0 atom stereocenters. The summed E-state index contributed by atoms with van der Waals surface area (Å²) in [6.07, 6.45) is 0. The molecule has 0 aliphatic heterocycles. The van der Waals surface area contributed by atoms with Crippen molar-refractivity contribution in [2.45, 2.75) is 6.92 Å². The topological polar surface area (TPSA) is 32.9 Å². The van der Waals surface area contributed by atoms with Crippen molar-refractivity contribution in [3.63, 3.8) is 0 Å². The van der Waals surface area contributed by atoms with Crippen molar-refractivity contribution in [1.29, 1.82) is 0 Å². The molecule has 3 rings (SSSR count). The van der Waals surface area contributed by atoms with E-state index in [-0.39, 0.29) is 11.7 Å². The van der Waals surface area contributed by atoms with E-state index in [1.807, 2.05) is 55.5 Å². The van der Waals surface area contributed by atoms with E-state index in [0.717, 1.165) is 22.2 Å². The molecule has 1 N–H and O–H groups in total. The van der Waals surface area contributed by atoms with Gasteiger partial charge in [-0.2, -0.15) is 0 Å². The van der Waals surface area contributed by atoms with Crippen molar-refractivity contribution in [3.05, 3.63) is 59.7 Å². The van der Waals surface area contributed by atoms with E-state index in [1.54, 1.807) is 0 Å². The van der Waals surface area contributed by atoms with Gasteiger partial charge in [0.1, 0.15) is 0 Å². The van der Waals surface area contributed by atoms with Crippen LogP contribution in [0.2, 0.25) is 0 Å². The lowest BCUT2D eigenvalue weighted by atomic mass is 10.0. The van der Waals surface area contributed by atoms with Gasteiger partial charge < -0.3 is 4.98 Å². The first-order chi connectivity index (χ1) is 9.70. The van der Waals surface area contributed by atoms with Gasteiger partial charge in [-0.1, -0.05) is 48.0 Å². The average Bonchev–Trinajstić information content (AvgIpc) is 2.86. The normalized spacial score (nSPS) is 10.9. The van der Waals surface area contributed by atoms with Crippen molar-refractivity contribution in [1.82, 2.24) is 4.98 Å². The minimum Gasteiger partial charge on any atom is -0.354 e. The van der Waals surface area contributed by atoms with Gasteiger partial charge in [-0.05, 0) is 18.6 Å². The number of aromatic nitrogens is 1. The van der Waals surface area contributed by atoms with Gasteiger partial charge in [0.2, 0.25) is 0 Å². The molecule has 2 nitrogen and oxygen atoms in total. The van der Waals surface area contributed by atoms with Crippen molar-refractivity contribution < 1.29 is 4.79 Å². The second-order valence-electron chi connectivity index (χ2n) is 4.84. The van der Waals surface area contributed by atoms with E-state index < -0.39 is 0 Å². The number of fused-ring (bicyclic) bond motifs is 1. The second-order valence-corrected chi connectivity index (χ2v) is 5.11. The summed E-state index contributed by atoms with van der Waals surface area (Å²) in [5.74, 6) is -0.0690. The van der Waals surface area contributed by atoms with E-state index >= 15 is 0 Å². The summed E-state index contributed by atoms with van der Waals surface area (Å²) in [6.45, 7) is 2.04. The number of rotatable bonds is 3. The third kappa shape index (κ3) is 2.12. The summed E-state index contributed by atoms with van der Waals surface area (Å²) in [5, 5.41) is 0.925. The fraction of sp³-hybridized carbons (Fsp3) is 0.118. The number of carbonyl (C=O) groups excluding carboxylic acids is 1. The molecule has 0 aliphatic rings. The highest BCUT2D eigenvalue weighted by Crippen LogP contribution is 2.31. The van der Waals surface area contributed by atoms with Gasteiger partial charge in [0.15, 0.2) is 5.78 Å². The van der Waals surface area contributed by atoms with Crippen LogP contribution in [0, 0.1) is 6.92 Å². The Bertz CT molecular complexity index is 771. The molecule has 0 radical (unpaired) electrons. The smallest absolute Gasteiger partial charge is 0.180 e. The number of hydrogen-bond acceptors (Lipinski definition) is 1. The van der Waals surface area contributed by atoms with Crippen LogP contribution in [-0.4, -0.2) is 16.6 Å². The van der Waals surface area contributed by atoms with Gasteiger partial charge in [-0.25, -0.2) is 0 Å². The number of nitrogens with one attached hydrogen (secondary N) is 1.